The number of rotatable bonds is 22. The molecule has 40 heavy (non-hydrogen) atoms. The topological polar surface area (TPSA) is 122 Å². The highest BCUT2D eigenvalue weighted by Gasteiger charge is 2.20. The van der Waals surface area contributed by atoms with Crippen LogP contribution in [0, 0.1) is 0 Å². The zero-order chi connectivity index (χ0) is 30.1. The minimum Gasteiger partial charge on any atom is -0.447 e. The second kappa shape index (κ2) is 33.8. The number of likely N-dealkylation sites (tertiary alicyclic amines) is 1. The predicted octanol–water partition coefficient (Wildman–Crippen LogP) is 3.57. The van der Waals surface area contributed by atoms with Crippen molar-refractivity contribution in [2.75, 3.05) is 98.6 Å². The minimum absolute atomic E-state index is 0.152. The van der Waals surface area contributed by atoms with E-state index in [2.05, 4.69) is 11.6 Å². The van der Waals surface area contributed by atoms with Crippen LogP contribution in [0.2, 0.25) is 0 Å². The van der Waals surface area contributed by atoms with Crippen LogP contribution in [0.15, 0.2) is 0 Å². The highest BCUT2D eigenvalue weighted by atomic mass is 32.2. The van der Waals surface area contributed by atoms with E-state index in [9.17, 15) is 14.4 Å². The Morgan fingerprint density at radius 3 is 1.77 bits per heavy atom. The van der Waals surface area contributed by atoms with E-state index < -0.39 is 0 Å². The van der Waals surface area contributed by atoms with Crippen LogP contribution in [0.25, 0.3) is 0 Å². The molecule has 11 nitrogen and oxygen atoms in total. The van der Waals surface area contributed by atoms with E-state index in [0.29, 0.717) is 77.9 Å². The van der Waals surface area contributed by atoms with Crippen LogP contribution in [-0.4, -0.2) is 127 Å². The number of nitrogens with zero attached hydrogens (tertiary/aromatic N) is 1. The van der Waals surface area contributed by atoms with Gasteiger partial charge in [0.2, 0.25) is 5.91 Å². The summed E-state index contributed by atoms with van der Waals surface area (Å²) in [4.78, 5) is 35.4. The Hall–Kier alpha value is -1.44. The molecule has 0 spiro atoms. The molecule has 0 aliphatic carbocycles. The molecule has 1 atom stereocenters. The fourth-order valence-electron chi connectivity index (χ4n) is 3.29. The molecule has 0 aromatic carbocycles. The third-order valence-electron chi connectivity index (χ3n) is 5.27. The van der Waals surface area contributed by atoms with E-state index >= 15 is 0 Å². The molecule has 0 aromatic heterocycles. The average molecular weight is 597 g/mol. The van der Waals surface area contributed by atoms with E-state index in [0.717, 1.165) is 38.6 Å². The Kier molecular flexibility index (Phi) is 34.4. The molecule has 1 saturated heterocycles. The Bertz CT molecular complexity index is 574. The maximum atomic E-state index is 12.1. The number of ether oxygens (including phenoxy) is 6. The normalized spacial score (nSPS) is 14.6. The lowest BCUT2D eigenvalue weighted by Gasteiger charge is -2.20. The number of nitrogens with one attached hydrogen (secondary N) is 1. The van der Waals surface area contributed by atoms with E-state index in [-0.39, 0.29) is 31.4 Å². The van der Waals surface area contributed by atoms with Gasteiger partial charge in [-0.2, -0.15) is 11.8 Å². The van der Waals surface area contributed by atoms with Gasteiger partial charge in [-0.3, -0.25) is 4.79 Å². The van der Waals surface area contributed by atoms with Crippen LogP contribution in [0.1, 0.15) is 59.8 Å². The summed E-state index contributed by atoms with van der Waals surface area (Å²) < 4.78 is 32.3. The zero-order valence-corrected chi connectivity index (χ0v) is 26.4. The molecule has 238 valence electrons. The summed E-state index contributed by atoms with van der Waals surface area (Å²) in [7, 11) is 0. The average Bonchev–Trinajstić information content (AvgIpc) is 3.25. The van der Waals surface area contributed by atoms with Gasteiger partial charge < -0.3 is 43.4 Å². The zero-order valence-electron chi connectivity index (χ0n) is 25.6. The maximum absolute atomic E-state index is 12.1. The number of thioether (sulfide) groups is 1. The Balaban J connectivity index is 0. The molecular formula is C28H56N2O9S. The molecule has 1 heterocycles. The van der Waals surface area contributed by atoms with Crippen molar-refractivity contribution in [3.05, 3.63) is 0 Å². The third kappa shape index (κ3) is 26.8. The molecule has 1 N–H and O–H groups in total. The highest BCUT2D eigenvalue weighted by molar-refractivity contribution is 7.99. The van der Waals surface area contributed by atoms with Gasteiger partial charge in [-0.15, -0.1) is 0 Å². The first-order valence-electron chi connectivity index (χ1n) is 14.7. The van der Waals surface area contributed by atoms with Crippen LogP contribution < -0.4 is 5.32 Å². The number of carbonyl (C=O) groups excluding carboxylic acids is 3. The molecular weight excluding hydrogens is 540 g/mol. The van der Waals surface area contributed by atoms with E-state index in [1.807, 2.05) is 39.5 Å². The smallest absolute Gasteiger partial charge is 0.409 e. The van der Waals surface area contributed by atoms with Gasteiger partial charge in [0.05, 0.1) is 66.1 Å². The molecule has 1 aliphatic heterocycles. The first-order chi connectivity index (χ1) is 19.7. The van der Waals surface area contributed by atoms with Gasteiger partial charge in [0, 0.05) is 37.7 Å². The predicted molar refractivity (Wildman–Crippen MR) is 159 cm³/mol. The monoisotopic (exact) mass is 596 g/mol. The van der Waals surface area contributed by atoms with Gasteiger partial charge in [-0.25, -0.2) is 4.79 Å². The molecule has 0 bridgehead atoms. The molecule has 1 unspecified atom stereocenters. The van der Waals surface area contributed by atoms with Crippen molar-refractivity contribution in [2.45, 2.75) is 65.0 Å². The molecule has 1 rings (SSSR count). The van der Waals surface area contributed by atoms with Gasteiger partial charge >= 0.3 is 6.09 Å². The number of hydrogen-bond donors (Lipinski definition) is 1. The summed E-state index contributed by atoms with van der Waals surface area (Å²) in [5, 5.41) is 3.30. The highest BCUT2D eigenvalue weighted by Crippen LogP contribution is 2.21. The Morgan fingerprint density at radius 1 is 0.775 bits per heavy atom. The Morgan fingerprint density at radius 2 is 1.27 bits per heavy atom. The van der Waals surface area contributed by atoms with Crippen LogP contribution in [0.5, 0.6) is 0 Å². The van der Waals surface area contributed by atoms with Crippen molar-refractivity contribution >= 4 is 30.0 Å². The number of aldehydes is 1. The van der Waals surface area contributed by atoms with Crippen molar-refractivity contribution in [2.24, 2.45) is 0 Å². The van der Waals surface area contributed by atoms with Gasteiger partial charge in [0.15, 0.2) is 0 Å². The van der Waals surface area contributed by atoms with E-state index in [4.69, 9.17) is 28.4 Å². The lowest BCUT2D eigenvalue weighted by Crippen LogP contribution is -2.33. The van der Waals surface area contributed by atoms with E-state index in [1.54, 1.807) is 4.90 Å². The third-order valence-corrected chi connectivity index (χ3v) is 6.40. The van der Waals surface area contributed by atoms with Crippen LogP contribution in [-0.2, 0) is 38.0 Å². The van der Waals surface area contributed by atoms with Crippen molar-refractivity contribution in [1.82, 2.24) is 10.2 Å². The SMILES string of the molecule is CC.CC.CSC1CCCN(C(=O)OCCOCCOCCOCCOCCOCCNC(=O)CCC=O)CC1. The summed E-state index contributed by atoms with van der Waals surface area (Å²) >= 11 is 1.87. The summed E-state index contributed by atoms with van der Waals surface area (Å²) in [6.07, 6.45) is 6.24. The quantitative estimate of drug-likeness (QED) is 0.147. The van der Waals surface area contributed by atoms with Crippen LogP contribution in [0.4, 0.5) is 4.79 Å². The molecule has 0 aromatic rings. The largest absolute Gasteiger partial charge is 0.447 e. The molecule has 0 radical (unpaired) electrons. The summed E-state index contributed by atoms with van der Waals surface area (Å²) in [6.45, 7) is 14.6. The van der Waals surface area contributed by atoms with Crippen molar-refractivity contribution in [1.29, 1.82) is 0 Å². The number of carbonyl (C=O) groups is 3. The second-order valence-corrected chi connectivity index (χ2v) is 9.15. The summed E-state index contributed by atoms with van der Waals surface area (Å²) in [6, 6.07) is 0. The fraction of sp³-hybridized carbons (Fsp3) is 0.893. The standard InChI is InChI=1S/C24H44N2O9S.2C2H6/c1-36-22-4-2-8-26(9-6-22)24(29)35-21-20-34-19-18-33-17-16-32-15-14-31-13-12-30-11-7-25-23(28)5-3-10-27;2*1-2/h10,22H,2-9,11-21H2,1H3,(H,25,28);2*1-2H3. The summed E-state index contributed by atoms with van der Waals surface area (Å²) in [5.74, 6) is -0.152. The minimum atomic E-state index is -0.251. The van der Waals surface area contributed by atoms with Crippen LogP contribution in [0.3, 0.4) is 0 Å². The first-order valence-corrected chi connectivity index (χ1v) is 16.0. The van der Waals surface area contributed by atoms with E-state index in [1.165, 1.54) is 0 Å². The van der Waals surface area contributed by atoms with Gasteiger partial charge in [-0.1, -0.05) is 27.7 Å². The lowest BCUT2D eigenvalue weighted by molar-refractivity contribution is -0.122. The van der Waals surface area contributed by atoms with Crippen molar-refractivity contribution in [3.63, 3.8) is 0 Å². The van der Waals surface area contributed by atoms with Gasteiger partial charge in [0.25, 0.3) is 0 Å². The molecule has 0 saturated carbocycles. The molecule has 2 amide bonds. The Labute approximate surface area is 246 Å². The first kappa shape index (κ1) is 40.7. The van der Waals surface area contributed by atoms with Crippen molar-refractivity contribution in [3.8, 4) is 0 Å². The number of amides is 2. The molecule has 1 aliphatic rings. The lowest BCUT2D eigenvalue weighted by atomic mass is 10.2. The van der Waals surface area contributed by atoms with Gasteiger partial charge in [-0.05, 0) is 25.5 Å². The fourth-order valence-corrected chi connectivity index (χ4v) is 4.03. The molecule has 12 heteroatoms. The molecule has 1 fully saturated rings. The van der Waals surface area contributed by atoms with Gasteiger partial charge in [0.1, 0.15) is 12.9 Å². The summed E-state index contributed by atoms with van der Waals surface area (Å²) in [5.41, 5.74) is 0. The second-order valence-electron chi connectivity index (χ2n) is 8.01. The maximum Gasteiger partial charge on any atom is 0.409 e. The van der Waals surface area contributed by atoms with Crippen LogP contribution >= 0.6 is 11.8 Å². The number of hydrogen-bond acceptors (Lipinski definition) is 10. The van der Waals surface area contributed by atoms with Crippen molar-refractivity contribution < 1.29 is 42.8 Å².